The minimum Gasteiger partial charge on any atom is -0.330 e. The van der Waals surface area contributed by atoms with Gasteiger partial charge >= 0.3 is 0 Å². The maximum atomic E-state index is 12.5. The average molecular weight is 418 g/mol. The van der Waals surface area contributed by atoms with Crippen molar-refractivity contribution in [2.75, 3.05) is 11.1 Å². The number of nitrogens with zero attached hydrogens (tertiary/aromatic N) is 2. The number of rotatable bonds is 7. The Morgan fingerprint density at radius 2 is 1.59 bits per heavy atom. The molecule has 0 saturated carbocycles. The van der Waals surface area contributed by atoms with Crippen molar-refractivity contribution in [2.45, 2.75) is 11.3 Å². The summed E-state index contributed by atoms with van der Waals surface area (Å²) >= 11 is 2.87. The molecule has 0 aliphatic carbocycles. The van der Waals surface area contributed by atoms with Crippen LogP contribution in [0.25, 0.3) is 11.1 Å². The molecule has 0 aliphatic heterocycles. The van der Waals surface area contributed by atoms with E-state index in [2.05, 4.69) is 27.6 Å². The Morgan fingerprint density at radius 1 is 0.897 bits per heavy atom. The van der Waals surface area contributed by atoms with Crippen LogP contribution in [0, 0.1) is 6.92 Å². The summed E-state index contributed by atoms with van der Waals surface area (Å²) < 4.78 is 0.773. The van der Waals surface area contributed by atoms with Gasteiger partial charge in [0.25, 0.3) is 0 Å². The molecule has 4 rings (SSSR count). The van der Waals surface area contributed by atoms with Crippen molar-refractivity contribution in [2.24, 2.45) is 0 Å². The number of anilines is 2. The highest BCUT2D eigenvalue weighted by atomic mass is 32.2. The third kappa shape index (κ3) is 4.91. The summed E-state index contributed by atoms with van der Waals surface area (Å²) in [6, 6.07) is 25.9. The maximum Gasteiger partial charge on any atom is 0.210 e. The molecule has 0 unspecified atom stereocenters. The molecule has 0 spiro atoms. The van der Waals surface area contributed by atoms with Crippen LogP contribution in [-0.4, -0.2) is 21.7 Å². The van der Waals surface area contributed by atoms with Gasteiger partial charge in [-0.05, 0) is 29.7 Å². The maximum absolute atomic E-state index is 12.5. The topological polar surface area (TPSA) is 54.9 Å². The van der Waals surface area contributed by atoms with E-state index in [1.807, 2.05) is 73.7 Å². The normalized spacial score (nSPS) is 10.7. The number of aromatic nitrogens is 2. The van der Waals surface area contributed by atoms with Crippen LogP contribution >= 0.6 is 23.1 Å². The summed E-state index contributed by atoms with van der Waals surface area (Å²) in [6.45, 7) is 2.04. The van der Waals surface area contributed by atoms with Crippen molar-refractivity contribution in [1.29, 1.82) is 0 Å². The average Bonchev–Trinajstić information content (AvgIpc) is 3.22. The fourth-order valence-corrected chi connectivity index (χ4v) is 4.50. The van der Waals surface area contributed by atoms with E-state index in [9.17, 15) is 4.79 Å². The molecule has 144 valence electrons. The fourth-order valence-electron chi connectivity index (χ4n) is 2.84. The number of ketones is 1. The van der Waals surface area contributed by atoms with Gasteiger partial charge in [-0.3, -0.25) is 4.79 Å². The molecule has 0 atom stereocenters. The van der Waals surface area contributed by atoms with Gasteiger partial charge < -0.3 is 5.32 Å². The zero-order chi connectivity index (χ0) is 20.1. The molecule has 4 nitrogen and oxygen atoms in total. The van der Waals surface area contributed by atoms with Crippen molar-refractivity contribution < 1.29 is 4.79 Å². The van der Waals surface area contributed by atoms with Gasteiger partial charge in [0, 0.05) is 11.3 Å². The van der Waals surface area contributed by atoms with E-state index in [0.29, 0.717) is 11.3 Å². The minimum absolute atomic E-state index is 0.0817. The number of hydrogen-bond donors (Lipinski definition) is 1. The number of para-hydroxylation sites is 1. The second-order valence-corrected chi connectivity index (χ2v) is 8.67. The van der Waals surface area contributed by atoms with E-state index in [1.165, 1.54) is 23.1 Å². The van der Waals surface area contributed by atoms with Gasteiger partial charge in [-0.1, -0.05) is 95.9 Å². The smallest absolute Gasteiger partial charge is 0.210 e. The van der Waals surface area contributed by atoms with E-state index in [-0.39, 0.29) is 5.78 Å². The standard InChI is InChI=1S/C23H19N3OS2/c1-16-7-5-6-10-20(16)24-22-25-26-23(29-22)28-15-21(27)19-13-11-18(12-14-19)17-8-3-2-4-9-17/h2-14H,15H2,1H3,(H,24,25). The van der Waals surface area contributed by atoms with Crippen LogP contribution in [0.2, 0.25) is 0 Å². The molecule has 3 aromatic carbocycles. The molecule has 1 N–H and O–H groups in total. The first kappa shape index (κ1) is 19.4. The van der Waals surface area contributed by atoms with E-state index in [1.54, 1.807) is 0 Å². The Bertz CT molecular complexity index is 1110. The van der Waals surface area contributed by atoms with Crippen molar-refractivity contribution >= 4 is 39.7 Å². The van der Waals surface area contributed by atoms with Gasteiger partial charge in [-0.2, -0.15) is 0 Å². The summed E-state index contributed by atoms with van der Waals surface area (Å²) in [4.78, 5) is 12.5. The summed E-state index contributed by atoms with van der Waals surface area (Å²) in [5.74, 6) is 0.419. The number of carbonyl (C=O) groups is 1. The lowest BCUT2D eigenvalue weighted by Crippen LogP contribution is -2.01. The summed E-state index contributed by atoms with van der Waals surface area (Å²) in [5.41, 5.74) is 5.11. The molecule has 6 heteroatoms. The number of benzene rings is 3. The van der Waals surface area contributed by atoms with Gasteiger partial charge in [0.2, 0.25) is 5.13 Å². The first-order valence-electron chi connectivity index (χ1n) is 9.17. The molecule has 0 radical (unpaired) electrons. The molecular weight excluding hydrogens is 398 g/mol. The van der Waals surface area contributed by atoms with Crippen molar-refractivity contribution in [3.63, 3.8) is 0 Å². The molecule has 0 amide bonds. The molecule has 29 heavy (non-hydrogen) atoms. The third-order valence-electron chi connectivity index (χ3n) is 4.43. The van der Waals surface area contributed by atoms with Gasteiger partial charge in [-0.25, -0.2) is 0 Å². The van der Waals surface area contributed by atoms with Crippen LogP contribution in [0.4, 0.5) is 10.8 Å². The van der Waals surface area contributed by atoms with Crippen LogP contribution in [0.5, 0.6) is 0 Å². The zero-order valence-corrected chi connectivity index (χ0v) is 17.5. The molecular formula is C23H19N3OS2. The summed E-state index contributed by atoms with van der Waals surface area (Å²) in [6.07, 6.45) is 0. The number of hydrogen-bond acceptors (Lipinski definition) is 6. The Balaban J connectivity index is 1.35. The zero-order valence-electron chi connectivity index (χ0n) is 15.8. The molecule has 0 aliphatic rings. The highest BCUT2D eigenvalue weighted by Gasteiger charge is 2.11. The highest BCUT2D eigenvalue weighted by Crippen LogP contribution is 2.29. The number of nitrogens with one attached hydrogen (secondary N) is 1. The minimum atomic E-state index is 0.0817. The largest absolute Gasteiger partial charge is 0.330 e. The van der Waals surface area contributed by atoms with Crippen LogP contribution in [-0.2, 0) is 0 Å². The fraction of sp³-hybridized carbons (Fsp3) is 0.0870. The molecule has 1 aromatic heterocycles. The lowest BCUT2D eigenvalue weighted by atomic mass is 10.0. The van der Waals surface area contributed by atoms with E-state index >= 15 is 0 Å². The van der Waals surface area contributed by atoms with E-state index < -0.39 is 0 Å². The second kappa shape index (κ2) is 9.03. The lowest BCUT2D eigenvalue weighted by Gasteiger charge is -2.04. The first-order chi connectivity index (χ1) is 14.2. The van der Waals surface area contributed by atoms with E-state index in [0.717, 1.165) is 31.8 Å². The lowest BCUT2D eigenvalue weighted by molar-refractivity contribution is 0.102. The molecule has 0 saturated heterocycles. The summed E-state index contributed by atoms with van der Waals surface area (Å²) in [5, 5.41) is 12.4. The van der Waals surface area contributed by atoms with Crippen molar-refractivity contribution in [3.05, 3.63) is 90.0 Å². The molecule has 1 heterocycles. The molecule has 4 aromatic rings. The quantitative estimate of drug-likeness (QED) is 0.285. The van der Waals surface area contributed by atoms with Crippen LogP contribution in [0.1, 0.15) is 15.9 Å². The first-order valence-corrected chi connectivity index (χ1v) is 11.0. The Morgan fingerprint density at radius 3 is 2.34 bits per heavy atom. The second-order valence-electron chi connectivity index (χ2n) is 6.47. The Labute approximate surface area is 178 Å². The van der Waals surface area contributed by atoms with Gasteiger partial charge in [0.1, 0.15) is 0 Å². The summed E-state index contributed by atoms with van der Waals surface area (Å²) in [7, 11) is 0. The monoisotopic (exact) mass is 417 g/mol. The van der Waals surface area contributed by atoms with Crippen molar-refractivity contribution in [3.8, 4) is 11.1 Å². The highest BCUT2D eigenvalue weighted by molar-refractivity contribution is 8.01. The predicted octanol–water partition coefficient (Wildman–Crippen LogP) is 6.23. The van der Waals surface area contributed by atoms with Gasteiger partial charge in [0.15, 0.2) is 10.1 Å². The van der Waals surface area contributed by atoms with Crippen molar-refractivity contribution in [1.82, 2.24) is 10.2 Å². The predicted molar refractivity (Wildman–Crippen MR) is 121 cm³/mol. The number of carbonyl (C=O) groups excluding carboxylic acids is 1. The van der Waals surface area contributed by atoms with Crippen LogP contribution < -0.4 is 5.32 Å². The number of aryl methyl sites for hydroxylation is 1. The third-order valence-corrected chi connectivity index (χ3v) is 6.41. The molecule has 0 bridgehead atoms. The van der Waals surface area contributed by atoms with Gasteiger partial charge in [0.05, 0.1) is 5.75 Å². The van der Waals surface area contributed by atoms with Gasteiger partial charge in [-0.15, -0.1) is 10.2 Å². The van der Waals surface area contributed by atoms with Crippen LogP contribution in [0.3, 0.4) is 0 Å². The number of Topliss-reactive ketones (excluding diaryl/α,β-unsaturated/α-hetero) is 1. The SMILES string of the molecule is Cc1ccccc1Nc1nnc(SCC(=O)c2ccc(-c3ccccc3)cc2)s1. The number of thioether (sulfide) groups is 1. The Kier molecular flexibility index (Phi) is 6.03. The van der Waals surface area contributed by atoms with Crippen LogP contribution in [0.15, 0.2) is 83.2 Å². The Hall–Kier alpha value is -2.96. The van der Waals surface area contributed by atoms with E-state index in [4.69, 9.17) is 0 Å². The molecule has 0 fully saturated rings.